The molecule has 5 heteroatoms. The van der Waals surface area contributed by atoms with Crippen molar-refractivity contribution in [2.75, 3.05) is 5.32 Å². The van der Waals surface area contributed by atoms with Gasteiger partial charge in [0.1, 0.15) is 0 Å². The summed E-state index contributed by atoms with van der Waals surface area (Å²) in [6, 6.07) is 26.8. The van der Waals surface area contributed by atoms with Crippen LogP contribution in [0.2, 0.25) is 0 Å². The number of nitrogens with one attached hydrogen (secondary N) is 2. The topological polar surface area (TPSA) is 70.6 Å². The van der Waals surface area contributed by atoms with Crippen LogP contribution in [-0.4, -0.2) is 17.5 Å². The van der Waals surface area contributed by atoms with Crippen LogP contribution >= 0.6 is 0 Å². The number of hydrogen-bond donors (Lipinski definition) is 2. The van der Waals surface area contributed by atoms with Gasteiger partial charge in [0, 0.05) is 29.8 Å². The molecule has 2 N–H and O–H groups in total. The molecular weight excluding hydrogens is 362 g/mol. The molecular formula is C24H23N3O2. The largest absolute Gasteiger partial charge is 0.326 e. The zero-order valence-electron chi connectivity index (χ0n) is 16.4. The van der Waals surface area contributed by atoms with Crippen molar-refractivity contribution < 1.29 is 9.59 Å². The van der Waals surface area contributed by atoms with Crippen LogP contribution in [0, 0.1) is 0 Å². The number of carbonyl (C=O) groups is 2. The first-order valence-electron chi connectivity index (χ1n) is 9.36. The van der Waals surface area contributed by atoms with E-state index in [0.29, 0.717) is 11.3 Å². The van der Waals surface area contributed by atoms with Gasteiger partial charge in [-0.05, 0) is 42.3 Å². The summed E-state index contributed by atoms with van der Waals surface area (Å²) < 4.78 is 0. The van der Waals surface area contributed by atoms with Crippen LogP contribution in [0.5, 0.6) is 0 Å². The molecule has 0 fully saturated rings. The minimum absolute atomic E-state index is 0.0557. The van der Waals surface area contributed by atoms with Crippen molar-refractivity contribution in [3.05, 3.63) is 102 Å². The molecule has 0 saturated heterocycles. The molecule has 0 atom stereocenters. The van der Waals surface area contributed by atoms with Gasteiger partial charge in [-0.2, -0.15) is 5.10 Å². The summed E-state index contributed by atoms with van der Waals surface area (Å²) >= 11 is 0. The standard InChI is InChI=1S/C24H23N3O2/c1-17(23(19-9-5-3-6-10-19)20-11-7-4-8-12-20)26-27-24(29)21-13-15-22(16-14-21)25-18(2)28/h3-16,23H,1-2H3,(H,25,28)(H,27,29)/b26-17+. The molecule has 0 spiro atoms. The van der Waals surface area contributed by atoms with Gasteiger partial charge >= 0.3 is 0 Å². The first kappa shape index (κ1) is 20.0. The number of nitrogens with zero attached hydrogens (tertiary/aromatic N) is 1. The maximum absolute atomic E-state index is 12.5. The highest BCUT2D eigenvalue weighted by molar-refractivity contribution is 5.97. The van der Waals surface area contributed by atoms with Gasteiger partial charge in [0.15, 0.2) is 0 Å². The summed E-state index contributed by atoms with van der Waals surface area (Å²) in [7, 11) is 0. The van der Waals surface area contributed by atoms with Crippen molar-refractivity contribution in [3.63, 3.8) is 0 Å². The van der Waals surface area contributed by atoms with E-state index in [1.807, 2.05) is 43.3 Å². The number of amides is 2. The van der Waals surface area contributed by atoms with Gasteiger partial charge in [0.25, 0.3) is 5.91 Å². The lowest BCUT2D eigenvalue weighted by atomic mass is 9.88. The van der Waals surface area contributed by atoms with Gasteiger partial charge in [-0.15, -0.1) is 0 Å². The number of hydrazone groups is 1. The van der Waals surface area contributed by atoms with Crippen LogP contribution < -0.4 is 10.7 Å². The molecule has 0 aliphatic rings. The normalized spacial score (nSPS) is 11.2. The number of benzene rings is 3. The SMILES string of the molecule is CC(=O)Nc1ccc(C(=O)N/N=C(\C)C(c2ccccc2)c2ccccc2)cc1. The molecule has 3 aromatic rings. The molecule has 0 heterocycles. The third-order valence-corrected chi connectivity index (χ3v) is 4.48. The molecule has 29 heavy (non-hydrogen) atoms. The quantitative estimate of drug-likeness (QED) is 0.481. The highest BCUT2D eigenvalue weighted by Gasteiger charge is 2.17. The van der Waals surface area contributed by atoms with Gasteiger partial charge in [0.2, 0.25) is 5.91 Å². The molecule has 146 valence electrons. The summed E-state index contributed by atoms with van der Waals surface area (Å²) in [4.78, 5) is 23.6. The summed E-state index contributed by atoms with van der Waals surface area (Å²) in [5.41, 5.74) is 6.74. The van der Waals surface area contributed by atoms with E-state index >= 15 is 0 Å². The van der Waals surface area contributed by atoms with Gasteiger partial charge < -0.3 is 5.32 Å². The van der Waals surface area contributed by atoms with E-state index in [2.05, 4.69) is 40.1 Å². The van der Waals surface area contributed by atoms with Gasteiger partial charge in [-0.3, -0.25) is 9.59 Å². The van der Waals surface area contributed by atoms with E-state index in [4.69, 9.17) is 0 Å². The lowest BCUT2D eigenvalue weighted by Crippen LogP contribution is -2.21. The molecule has 0 aromatic heterocycles. The van der Waals surface area contributed by atoms with Crippen LogP contribution in [0.3, 0.4) is 0 Å². The van der Waals surface area contributed by atoms with Gasteiger partial charge in [0.05, 0.1) is 0 Å². The fourth-order valence-electron chi connectivity index (χ4n) is 3.14. The Morgan fingerprint density at radius 2 is 1.28 bits per heavy atom. The molecule has 3 rings (SSSR count). The Hall–Kier alpha value is -3.73. The van der Waals surface area contributed by atoms with E-state index in [9.17, 15) is 9.59 Å². The van der Waals surface area contributed by atoms with Crippen molar-refractivity contribution in [3.8, 4) is 0 Å². The highest BCUT2D eigenvalue weighted by Crippen LogP contribution is 2.26. The molecule has 0 unspecified atom stereocenters. The molecule has 0 radical (unpaired) electrons. The maximum atomic E-state index is 12.5. The predicted molar refractivity (Wildman–Crippen MR) is 116 cm³/mol. The Balaban J connectivity index is 1.78. The molecule has 2 amide bonds. The van der Waals surface area contributed by atoms with Crippen molar-refractivity contribution >= 4 is 23.2 Å². The third kappa shape index (κ3) is 5.39. The summed E-state index contributed by atoms with van der Waals surface area (Å²) in [5.74, 6) is -0.520. The average Bonchev–Trinajstić information content (AvgIpc) is 2.74. The van der Waals surface area contributed by atoms with E-state index in [-0.39, 0.29) is 17.7 Å². The lowest BCUT2D eigenvalue weighted by Gasteiger charge is -2.18. The van der Waals surface area contributed by atoms with Crippen molar-refractivity contribution in [1.82, 2.24) is 5.43 Å². The minimum Gasteiger partial charge on any atom is -0.326 e. The molecule has 0 bridgehead atoms. The van der Waals surface area contributed by atoms with E-state index in [1.165, 1.54) is 6.92 Å². The zero-order chi connectivity index (χ0) is 20.6. The number of carbonyl (C=O) groups excluding carboxylic acids is 2. The van der Waals surface area contributed by atoms with Crippen LogP contribution in [0.15, 0.2) is 90.0 Å². The highest BCUT2D eigenvalue weighted by atomic mass is 16.2. The Bertz CT molecular complexity index is 958. The second-order valence-electron chi connectivity index (χ2n) is 6.71. The Morgan fingerprint density at radius 3 is 1.76 bits per heavy atom. The first-order valence-corrected chi connectivity index (χ1v) is 9.36. The summed E-state index contributed by atoms with van der Waals surface area (Å²) in [6.45, 7) is 3.35. The van der Waals surface area contributed by atoms with Crippen LogP contribution in [0.25, 0.3) is 0 Å². The number of rotatable bonds is 6. The monoisotopic (exact) mass is 385 g/mol. The third-order valence-electron chi connectivity index (χ3n) is 4.48. The number of hydrogen-bond acceptors (Lipinski definition) is 3. The van der Waals surface area contributed by atoms with Crippen LogP contribution in [0.1, 0.15) is 41.3 Å². The summed E-state index contributed by atoms with van der Waals surface area (Å²) in [5, 5.41) is 7.05. The fourth-order valence-corrected chi connectivity index (χ4v) is 3.14. The molecule has 5 nitrogen and oxygen atoms in total. The van der Waals surface area contributed by atoms with Crippen LogP contribution in [0.4, 0.5) is 5.69 Å². The smallest absolute Gasteiger partial charge is 0.271 e. The molecule has 0 aliphatic carbocycles. The average molecular weight is 385 g/mol. The van der Waals surface area contributed by atoms with Gasteiger partial charge in [-0.1, -0.05) is 60.7 Å². The van der Waals surface area contributed by atoms with Crippen molar-refractivity contribution in [1.29, 1.82) is 0 Å². The van der Waals surface area contributed by atoms with Crippen molar-refractivity contribution in [2.24, 2.45) is 5.10 Å². The van der Waals surface area contributed by atoms with E-state index in [0.717, 1.165) is 16.8 Å². The first-order chi connectivity index (χ1) is 14.0. The van der Waals surface area contributed by atoms with E-state index < -0.39 is 0 Å². The molecule has 0 saturated carbocycles. The molecule has 0 aliphatic heterocycles. The number of anilines is 1. The van der Waals surface area contributed by atoms with E-state index in [1.54, 1.807) is 24.3 Å². The van der Waals surface area contributed by atoms with Gasteiger partial charge in [-0.25, -0.2) is 5.43 Å². The summed E-state index contributed by atoms with van der Waals surface area (Å²) in [6.07, 6.45) is 0. The Morgan fingerprint density at radius 1 is 0.759 bits per heavy atom. The van der Waals surface area contributed by atoms with Crippen molar-refractivity contribution in [2.45, 2.75) is 19.8 Å². The lowest BCUT2D eigenvalue weighted by molar-refractivity contribution is -0.114. The Labute approximate surface area is 170 Å². The maximum Gasteiger partial charge on any atom is 0.271 e. The van der Waals surface area contributed by atoms with Crippen LogP contribution in [-0.2, 0) is 4.79 Å². The predicted octanol–water partition coefficient (Wildman–Crippen LogP) is 4.58. The minimum atomic E-state index is -0.307. The fraction of sp³-hybridized carbons (Fsp3) is 0.125. The second-order valence-corrected chi connectivity index (χ2v) is 6.71. The molecule has 3 aromatic carbocycles. The Kier molecular flexibility index (Phi) is 6.53. The second kappa shape index (κ2) is 9.46. The zero-order valence-corrected chi connectivity index (χ0v) is 16.4.